The van der Waals surface area contributed by atoms with Crippen LogP contribution in [0.2, 0.25) is 0 Å². The highest BCUT2D eigenvalue weighted by Crippen LogP contribution is 2.39. The van der Waals surface area contributed by atoms with E-state index >= 15 is 0 Å². The summed E-state index contributed by atoms with van der Waals surface area (Å²) < 4.78 is 0. The van der Waals surface area contributed by atoms with Gasteiger partial charge >= 0.3 is 0 Å². The molecule has 1 aliphatic carbocycles. The van der Waals surface area contributed by atoms with Crippen molar-refractivity contribution in [3.63, 3.8) is 0 Å². The van der Waals surface area contributed by atoms with E-state index in [0.29, 0.717) is 18.2 Å². The molecule has 1 aromatic heterocycles. The summed E-state index contributed by atoms with van der Waals surface area (Å²) in [6, 6.07) is 0.157. The van der Waals surface area contributed by atoms with E-state index in [1.807, 2.05) is 13.8 Å². The average Bonchev–Trinajstić information content (AvgIpc) is 3.06. The quantitative estimate of drug-likeness (QED) is 0.742. The van der Waals surface area contributed by atoms with Crippen LogP contribution in [0.3, 0.4) is 0 Å². The summed E-state index contributed by atoms with van der Waals surface area (Å²) in [7, 11) is 0. The summed E-state index contributed by atoms with van der Waals surface area (Å²) in [6.07, 6.45) is 2.67. The van der Waals surface area contributed by atoms with Crippen LogP contribution in [0.15, 0.2) is 0 Å². The Morgan fingerprint density at radius 2 is 2.06 bits per heavy atom. The number of nitrogens with zero attached hydrogens (tertiary/aromatic N) is 2. The fraction of sp³-hybridized carbons (Fsp3) is 0.692. The van der Waals surface area contributed by atoms with Gasteiger partial charge in [0.1, 0.15) is 17.5 Å². The molecule has 100 valence electrons. The topological polar surface area (TPSA) is 84.1 Å². The van der Waals surface area contributed by atoms with Crippen molar-refractivity contribution < 1.29 is 5.11 Å². The molecule has 1 saturated carbocycles. The van der Waals surface area contributed by atoms with E-state index in [4.69, 9.17) is 5.73 Å². The molecule has 0 bridgehead atoms. The molecule has 1 aromatic rings. The average molecular weight is 250 g/mol. The summed E-state index contributed by atoms with van der Waals surface area (Å²) in [5, 5.41) is 12.7. The normalized spacial score (nSPS) is 18.4. The minimum absolute atomic E-state index is 0.157. The lowest BCUT2D eigenvalue weighted by Crippen LogP contribution is -2.22. The third kappa shape index (κ3) is 3.10. The molecule has 0 aromatic carbocycles. The Morgan fingerprint density at radius 3 is 2.61 bits per heavy atom. The van der Waals surface area contributed by atoms with Crippen molar-refractivity contribution in [1.29, 1.82) is 0 Å². The second-order valence-electron chi connectivity index (χ2n) is 5.35. The molecule has 0 radical (unpaired) electrons. The zero-order chi connectivity index (χ0) is 13.3. The van der Waals surface area contributed by atoms with Crippen LogP contribution in [0.1, 0.15) is 50.4 Å². The molecule has 4 N–H and O–H groups in total. The predicted octanol–water partition coefficient (Wildman–Crippen LogP) is 1.82. The summed E-state index contributed by atoms with van der Waals surface area (Å²) in [5.41, 5.74) is 6.81. The zero-order valence-corrected chi connectivity index (χ0v) is 11.3. The summed E-state index contributed by atoms with van der Waals surface area (Å²) in [4.78, 5) is 8.90. The lowest BCUT2D eigenvalue weighted by atomic mass is 10.1. The highest BCUT2D eigenvalue weighted by atomic mass is 16.3. The largest absolute Gasteiger partial charge is 0.393 e. The van der Waals surface area contributed by atoms with Gasteiger partial charge in [0.2, 0.25) is 0 Å². The number of anilines is 2. The monoisotopic (exact) mass is 250 g/mol. The van der Waals surface area contributed by atoms with E-state index in [1.54, 1.807) is 6.92 Å². The van der Waals surface area contributed by atoms with Gasteiger partial charge < -0.3 is 16.2 Å². The first-order valence-corrected chi connectivity index (χ1v) is 6.56. The molecule has 1 fully saturated rings. The van der Waals surface area contributed by atoms with Crippen molar-refractivity contribution in [2.45, 2.75) is 58.1 Å². The predicted molar refractivity (Wildman–Crippen MR) is 72.5 cm³/mol. The minimum atomic E-state index is -0.324. The van der Waals surface area contributed by atoms with E-state index in [-0.39, 0.29) is 12.1 Å². The van der Waals surface area contributed by atoms with Crippen LogP contribution in [0.4, 0.5) is 11.6 Å². The molecule has 1 heterocycles. The fourth-order valence-electron chi connectivity index (χ4n) is 2.02. The second-order valence-corrected chi connectivity index (χ2v) is 5.35. The first kappa shape index (κ1) is 13.1. The number of hydrogen-bond donors (Lipinski definition) is 3. The van der Waals surface area contributed by atoms with Crippen LogP contribution in [0, 0.1) is 6.92 Å². The first-order chi connectivity index (χ1) is 8.47. The number of nitrogens with one attached hydrogen (secondary N) is 1. The maximum Gasteiger partial charge on any atom is 0.136 e. The van der Waals surface area contributed by atoms with Crippen LogP contribution >= 0.6 is 0 Å². The number of rotatable bonds is 5. The maximum absolute atomic E-state index is 9.38. The molecule has 18 heavy (non-hydrogen) atoms. The summed E-state index contributed by atoms with van der Waals surface area (Å²) in [5.74, 6) is 2.70. The van der Waals surface area contributed by atoms with E-state index < -0.39 is 0 Å². The second kappa shape index (κ2) is 5.10. The molecule has 2 unspecified atom stereocenters. The van der Waals surface area contributed by atoms with Gasteiger partial charge in [0, 0.05) is 17.5 Å². The van der Waals surface area contributed by atoms with E-state index in [0.717, 1.165) is 30.0 Å². The number of aliphatic hydroxyl groups excluding tert-OH is 1. The van der Waals surface area contributed by atoms with Gasteiger partial charge in [0.15, 0.2) is 0 Å². The number of aliphatic hydroxyl groups is 1. The van der Waals surface area contributed by atoms with Crippen molar-refractivity contribution in [2.75, 3.05) is 11.1 Å². The van der Waals surface area contributed by atoms with Gasteiger partial charge in [-0.05, 0) is 40.0 Å². The molecule has 5 heteroatoms. The summed E-state index contributed by atoms with van der Waals surface area (Å²) in [6.45, 7) is 5.74. The molecular formula is C13H22N4O. The van der Waals surface area contributed by atoms with Gasteiger partial charge in [-0.3, -0.25) is 0 Å². The van der Waals surface area contributed by atoms with Crippen molar-refractivity contribution in [1.82, 2.24) is 9.97 Å². The van der Waals surface area contributed by atoms with Gasteiger partial charge in [-0.2, -0.15) is 0 Å². The Bertz CT molecular complexity index is 429. The third-order valence-corrected chi connectivity index (χ3v) is 3.22. The number of aromatic nitrogens is 2. The standard InChI is InChI=1S/C13H22N4O/c1-7(6-8(2)18)15-12-9(3)11(14)16-13(17-12)10-4-5-10/h7-8,10,18H,4-6H2,1-3H3,(H3,14,15,16,17). The lowest BCUT2D eigenvalue weighted by molar-refractivity contribution is 0.179. The Hall–Kier alpha value is -1.36. The van der Waals surface area contributed by atoms with Crippen LogP contribution in [-0.2, 0) is 0 Å². The van der Waals surface area contributed by atoms with Crippen molar-refractivity contribution >= 4 is 11.6 Å². The van der Waals surface area contributed by atoms with Gasteiger partial charge in [-0.15, -0.1) is 0 Å². The first-order valence-electron chi connectivity index (χ1n) is 6.56. The SMILES string of the molecule is Cc1c(N)nc(C2CC2)nc1NC(C)CC(C)O. The van der Waals surface area contributed by atoms with E-state index in [1.165, 1.54) is 0 Å². The number of nitrogen functional groups attached to an aromatic ring is 1. The smallest absolute Gasteiger partial charge is 0.136 e. The van der Waals surface area contributed by atoms with E-state index in [9.17, 15) is 5.11 Å². The molecule has 5 nitrogen and oxygen atoms in total. The molecule has 2 atom stereocenters. The van der Waals surface area contributed by atoms with Crippen LogP contribution in [-0.4, -0.2) is 27.2 Å². The molecule has 0 aliphatic heterocycles. The highest BCUT2D eigenvalue weighted by Gasteiger charge is 2.28. The molecule has 0 saturated heterocycles. The van der Waals surface area contributed by atoms with Crippen molar-refractivity contribution in [3.05, 3.63) is 11.4 Å². The van der Waals surface area contributed by atoms with Crippen molar-refractivity contribution in [2.24, 2.45) is 0 Å². The Kier molecular flexibility index (Phi) is 3.71. The Morgan fingerprint density at radius 1 is 1.39 bits per heavy atom. The van der Waals surface area contributed by atoms with Gasteiger partial charge in [-0.1, -0.05) is 0 Å². The van der Waals surface area contributed by atoms with Crippen LogP contribution in [0.25, 0.3) is 0 Å². The van der Waals surface area contributed by atoms with E-state index in [2.05, 4.69) is 15.3 Å². The molecule has 0 amide bonds. The van der Waals surface area contributed by atoms with Crippen molar-refractivity contribution in [3.8, 4) is 0 Å². The van der Waals surface area contributed by atoms with Gasteiger partial charge in [-0.25, -0.2) is 9.97 Å². The maximum atomic E-state index is 9.38. The highest BCUT2D eigenvalue weighted by molar-refractivity contribution is 5.55. The Balaban J connectivity index is 2.15. The molecule has 1 aliphatic rings. The van der Waals surface area contributed by atoms with Gasteiger partial charge in [0.25, 0.3) is 0 Å². The Labute approximate surface area is 108 Å². The molecule has 2 rings (SSSR count). The zero-order valence-electron chi connectivity index (χ0n) is 11.3. The minimum Gasteiger partial charge on any atom is -0.393 e. The molecule has 0 spiro atoms. The van der Waals surface area contributed by atoms with Crippen LogP contribution in [0.5, 0.6) is 0 Å². The van der Waals surface area contributed by atoms with Crippen LogP contribution < -0.4 is 11.1 Å². The number of hydrogen-bond acceptors (Lipinski definition) is 5. The number of nitrogens with two attached hydrogens (primary N) is 1. The summed E-state index contributed by atoms with van der Waals surface area (Å²) >= 11 is 0. The third-order valence-electron chi connectivity index (χ3n) is 3.22. The fourth-order valence-corrected chi connectivity index (χ4v) is 2.02. The van der Waals surface area contributed by atoms with Gasteiger partial charge in [0.05, 0.1) is 6.10 Å². The molecular weight excluding hydrogens is 228 g/mol. The lowest BCUT2D eigenvalue weighted by Gasteiger charge is -2.18.